The van der Waals surface area contributed by atoms with Gasteiger partial charge in [-0.1, -0.05) is 24.3 Å². The Balaban J connectivity index is 2.05. The Morgan fingerprint density at radius 1 is 1.13 bits per heavy atom. The van der Waals surface area contributed by atoms with E-state index in [0.717, 1.165) is 18.7 Å². The van der Waals surface area contributed by atoms with Gasteiger partial charge < -0.3 is 10.0 Å². The van der Waals surface area contributed by atoms with Gasteiger partial charge in [-0.2, -0.15) is 5.10 Å². The van der Waals surface area contributed by atoms with Gasteiger partial charge in [-0.15, -0.1) is 0 Å². The molecule has 2 aromatic carbocycles. The van der Waals surface area contributed by atoms with E-state index in [0.29, 0.717) is 5.69 Å². The number of nitrogens with one attached hydrogen (secondary N) is 1. The summed E-state index contributed by atoms with van der Waals surface area (Å²) in [6.45, 7) is 6.19. The minimum atomic E-state index is -0.980. The molecule has 0 aliphatic rings. The predicted molar refractivity (Wildman–Crippen MR) is 94.6 cm³/mol. The first kappa shape index (κ1) is 16.5. The van der Waals surface area contributed by atoms with Crippen molar-refractivity contribution in [3.05, 3.63) is 59.7 Å². The standard InChI is InChI=1S/C18H21N3O2/c1-3-21(4-2)15-11-9-14(10-12-15)13-19-20-17-8-6-5-7-16(17)18(22)23/h5-13,20H,3-4H2,1-2H3,(H,22,23)/b19-13+. The second-order valence-electron chi connectivity index (χ2n) is 4.98. The number of hydrazone groups is 1. The van der Waals surface area contributed by atoms with Crippen molar-refractivity contribution in [2.75, 3.05) is 23.4 Å². The number of carboxylic acids is 1. The van der Waals surface area contributed by atoms with Gasteiger partial charge in [-0.25, -0.2) is 4.79 Å². The second kappa shape index (κ2) is 7.98. The summed E-state index contributed by atoms with van der Waals surface area (Å²) in [4.78, 5) is 13.4. The van der Waals surface area contributed by atoms with E-state index >= 15 is 0 Å². The molecule has 2 aromatic rings. The van der Waals surface area contributed by atoms with Crippen molar-refractivity contribution in [1.29, 1.82) is 0 Å². The van der Waals surface area contributed by atoms with E-state index in [1.165, 1.54) is 5.69 Å². The summed E-state index contributed by atoms with van der Waals surface area (Å²) < 4.78 is 0. The second-order valence-corrected chi connectivity index (χ2v) is 4.98. The van der Waals surface area contributed by atoms with Crippen molar-refractivity contribution >= 4 is 23.6 Å². The highest BCUT2D eigenvalue weighted by Gasteiger charge is 2.07. The smallest absolute Gasteiger partial charge is 0.337 e. The number of aromatic carboxylic acids is 1. The highest BCUT2D eigenvalue weighted by Crippen LogP contribution is 2.16. The molecule has 0 radical (unpaired) electrons. The van der Waals surface area contributed by atoms with Crippen molar-refractivity contribution in [2.45, 2.75) is 13.8 Å². The van der Waals surface area contributed by atoms with Gasteiger partial charge in [-0.3, -0.25) is 5.43 Å². The minimum Gasteiger partial charge on any atom is -0.478 e. The van der Waals surface area contributed by atoms with Gasteiger partial charge in [0.25, 0.3) is 0 Å². The molecular formula is C18H21N3O2. The molecule has 0 spiro atoms. The SMILES string of the molecule is CCN(CC)c1ccc(/C=N/Nc2ccccc2C(=O)O)cc1. The summed E-state index contributed by atoms with van der Waals surface area (Å²) >= 11 is 0. The summed E-state index contributed by atoms with van der Waals surface area (Å²) in [6.07, 6.45) is 1.67. The van der Waals surface area contributed by atoms with E-state index < -0.39 is 5.97 Å². The molecule has 5 heteroatoms. The van der Waals surface area contributed by atoms with Crippen LogP contribution in [0.4, 0.5) is 11.4 Å². The Hall–Kier alpha value is -2.82. The van der Waals surface area contributed by atoms with E-state index in [-0.39, 0.29) is 5.56 Å². The summed E-state index contributed by atoms with van der Waals surface area (Å²) in [5.74, 6) is -0.980. The monoisotopic (exact) mass is 311 g/mol. The van der Waals surface area contributed by atoms with E-state index in [1.54, 1.807) is 30.5 Å². The normalized spacial score (nSPS) is 10.7. The third kappa shape index (κ3) is 4.32. The average Bonchev–Trinajstić information content (AvgIpc) is 2.57. The molecular weight excluding hydrogens is 290 g/mol. The molecule has 23 heavy (non-hydrogen) atoms. The van der Waals surface area contributed by atoms with Crippen LogP contribution in [0.25, 0.3) is 0 Å². The van der Waals surface area contributed by atoms with Gasteiger partial charge >= 0.3 is 5.97 Å². The molecule has 0 bridgehead atoms. The fourth-order valence-electron chi connectivity index (χ4n) is 2.30. The van der Waals surface area contributed by atoms with Gasteiger partial charge in [0.15, 0.2) is 0 Å². The molecule has 0 fully saturated rings. The van der Waals surface area contributed by atoms with E-state index in [2.05, 4.69) is 41.4 Å². The lowest BCUT2D eigenvalue weighted by Crippen LogP contribution is -2.21. The lowest BCUT2D eigenvalue weighted by atomic mass is 10.2. The number of anilines is 2. The molecule has 5 nitrogen and oxygen atoms in total. The molecule has 120 valence electrons. The van der Waals surface area contributed by atoms with Crippen molar-refractivity contribution in [1.82, 2.24) is 0 Å². The zero-order chi connectivity index (χ0) is 16.7. The molecule has 0 aromatic heterocycles. The number of nitrogens with zero attached hydrogens (tertiary/aromatic N) is 2. The minimum absolute atomic E-state index is 0.196. The van der Waals surface area contributed by atoms with E-state index in [9.17, 15) is 4.79 Å². The van der Waals surface area contributed by atoms with Crippen LogP contribution in [0, 0.1) is 0 Å². The first-order chi connectivity index (χ1) is 11.2. The first-order valence-electron chi connectivity index (χ1n) is 7.62. The lowest BCUT2D eigenvalue weighted by Gasteiger charge is -2.20. The molecule has 2 rings (SSSR count). The molecule has 0 amide bonds. The maximum Gasteiger partial charge on any atom is 0.337 e. The molecule has 0 heterocycles. The number of para-hydroxylation sites is 1. The molecule has 0 unspecified atom stereocenters. The lowest BCUT2D eigenvalue weighted by molar-refractivity contribution is 0.0698. The number of rotatable bonds is 7. The third-order valence-corrected chi connectivity index (χ3v) is 3.58. The highest BCUT2D eigenvalue weighted by atomic mass is 16.4. The van der Waals surface area contributed by atoms with Crippen LogP contribution in [-0.4, -0.2) is 30.4 Å². The number of benzene rings is 2. The zero-order valence-corrected chi connectivity index (χ0v) is 13.4. The molecule has 0 aliphatic carbocycles. The van der Waals surface area contributed by atoms with Crippen LogP contribution in [0.2, 0.25) is 0 Å². The largest absolute Gasteiger partial charge is 0.478 e. The quantitative estimate of drug-likeness (QED) is 0.605. The Morgan fingerprint density at radius 2 is 1.78 bits per heavy atom. The third-order valence-electron chi connectivity index (χ3n) is 3.58. The first-order valence-corrected chi connectivity index (χ1v) is 7.62. The van der Waals surface area contributed by atoms with Gasteiger partial charge in [0.2, 0.25) is 0 Å². The average molecular weight is 311 g/mol. The summed E-state index contributed by atoms with van der Waals surface area (Å²) in [5.41, 5.74) is 5.57. The van der Waals surface area contributed by atoms with Gasteiger partial charge in [0.1, 0.15) is 0 Å². The maximum atomic E-state index is 11.1. The van der Waals surface area contributed by atoms with Crippen LogP contribution in [0.5, 0.6) is 0 Å². The van der Waals surface area contributed by atoms with Crippen molar-refractivity contribution < 1.29 is 9.90 Å². The van der Waals surface area contributed by atoms with E-state index in [4.69, 9.17) is 5.11 Å². The molecule has 0 aliphatic heterocycles. The number of carboxylic acid groups (broad SMARTS) is 1. The van der Waals surface area contributed by atoms with Crippen LogP contribution in [-0.2, 0) is 0 Å². The van der Waals surface area contributed by atoms with E-state index in [1.807, 2.05) is 12.1 Å². The summed E-state index contributed by atoms with van der Waals surface area (Å²) in [7, 11) is 0. The van der Waals surface area contributed by atoms with Crippen molar-refractivity contribution in [3.63, 3.8) is 0 Å². The Kier molecular flexibility index (Phi) is 5.74. The molecule has 0 atom stereocenters. The molecule has 0 saturated heterocycles. The Morgan fingerprint density at radius 3 is 2.39 bits per heavy atom. The Labute approximate surface area is 136 Å². The predicted octanol–water partition coefficient (Wildman–Crippen LogP) is 3.68. The van der Waals surface area contributed by atoms with Gasteiger partial charge in [0.05, 0.1) is 17.5 Å². The fraction of sp³-hybridized carbons (Fsp3) is 0.222. The fourth-order valence-corrected chi connectivity index (χ4v) is 2.30. The van der Waals surface area contributed by atoms with Crippen LogP contribution >= 0.6 is 0 Å². The van der Waals surface area contributed by atoms with Gasteiger partial charge in [0, 0.05) is 18.8 Å². The number of carbonyl (C=O) groups is 1. The van der Waals surface area contributed by atoms with Crippen LogP contribution in [0.3, 0.4) is 0 Å². The Bertz CT molecular complexity index is 677. The number of hydrogen-bond acceptors (Lipinski definition) is 4. The van der Waals surface area contributed by atoms with Crippen molar-refractivity contribution in [3.8, 4) is 0 Å². The highest BCUT2D eigenvalue weighted by molar-refractivity contribution is 5.94. The topological polar surface area (TPSA) is 64.9 Å². The molecule has 0 saturated carbocycles. The maximum absolute atomic E-state index is 11.1. The number of hydrogen-bond donors (Lipinski definition) is 2. The van der Waals surface area contributed by atoms with Crippen molar-refractivity contribution in [2.24, 2.45) is 5.10 Å². The zero-order valence-electron chi connectivity index (χ0n) is 13.4. The summed E-state index contributed by atoms with van der Waals surface area (Å²) in [6, 6.07) is 14.8. The van der Waals surface area contributed by atoms with Crippen LogP contribution < -0.4 is 10.3 Å². The summed E-state index contributed by atoms with van der Waals surface area (Å²) in [5, 5.41) is 13.2. The van der Waals surface area contributed by atoms with Crippen LogP contribution in [0.1, 0.15) is 29.8 Å². The van der Waals surface area contributed by atoms with Crippen LogP contribution in [0.15, 0.2) is 53.6 Å². The van der Waals surface area contributed by atoms with Gasteiger partial charge in [-0.05, 0) is 43.7 Å². The molecule has 2 N–H and O–H groups in total.